The summed E-state index contributed by atoms with van der Waals surface area (Å²) >= 11 is 0. The highest BCUT2D eigenvalue weighted by molar-refractivity contribution is 6.60. The van der Waals surface area contributed by atoms with Crippen LogP contribution in [0.3, 0.4) is 0 Å². The minimum atomic E-state index is -2.64. The van der Waals surface area contributed by atoms with E-state index in [1.54, 1.807) is 0 Å². The topological polar surface area (TPSA) is 37.4 Å². The Morgan fingerprint density at radius 2 is 0.871 bits per heavy atom. The summed E-state index contributed by atoms with van der Waals surface area (Å²) in [5.74, 6) is 0. The molecule has 188 valence electrons. The summed E-state index contributed by atoms with van der Waals surface area (Å²) in [5, 5.41) is 0. The zero-order valence-electron chi connectivity index (χ0n) is 22.5. The van der Waals surface area contributed by atoms with E-state index in [2.05, 4.69) is 77.4 Å². The van der Waals surface area contributed by atoms with Crippen molar-refractivity contribution in [1.82, 2.24) is 14.7 Å². The van der Waals surface area contributed by atoms with Crippen LogP contribution < -0.4 is 0 Å². The van der Waals surface area contributed by atoms with Crippen LogP contribution >= 0.6 is 0 Å². The van der Waals surface area contributed by atoms with Crippen LogP contribution in [0.4, 0.5) is 0 Å². The van der Waals surface area contributed by atoms with Crippen LogP contribution in [-0.2, 0) is 13.3 Å². The van der Waals surface area contributed by atoms with Gasteiger partial charge in [0, 0.05) is 25.9 Å². The zero-order chi connectivity index (χ0) is 23.8. The van der Waals surface area contributed by atoms with Crippen LogP contribution in [0.5, 0.6) is 0 Å². The van der Waals surface area contributed by atoms with Crippen molar-refractivity contribution in [3.05, 3.63) is 0 Å². The van der Waals surface area contributed by atoms with Gasteiger partial charge in [-0.15, -0.1) is 0 Å². The average Bonchev–Trinajstić information content (AvgIpc) is 2.77. The number of rotatable bonds is 21. The molecule has 0 fully saturated rings. The van der Waals surface area contributed by atoms with Crippen molar-refractivity contribution in [2.75, 3.05) is 80.2 Å². The molecule has 0 aromatic rings. The number of hydrogen-bond donors (Lipinski definition) is 0. The Balaban J connectivity index is 5.72. The van der Waals surface area contributed by atoms with Gasteiger partial charge in [-0.1, -0.05) is 20.8 Å². The third-order valence-corrected chi connectivity index (χ3v) is 9.79. The normalized spacial score (nSPS) is 13.2. The lowest BCUT2D eigenvalue weighted by Gasteiger charge is -2.40. The molecule has 0 unspecified atom stereocenters. The fourth-order valence-corrected chi connectivity index (χ4v) is 6.77. The maximum Gasteiger partial charge on any atom is 0.500 e. The summed E-state index contributed by atoms with van der Waals surface area (Å²) in [6, 6.07) is 0.907. The zero-order valence-corrected chi connectivity index (χ0v) is 23.5. The molecule has 0 bridgehead atoms. The standard InChI is InChI=1S/C24H55N3O3Si/c1-10-25(7)20-16-24(17-21-26(8)11-2,18-22-27(9)12-3)19-23-31(28-13-4,29-14-5)30-15-6/h10-23H2,1-9H3. The van der Waals surface area contributed by atoms with Crippen LogP contribution in [0.15, 0.2) is 0 Å². The van der Waals surface area contributed by atoms with Gasteiger partial charge >= 0.3 is 8.80 Å². The third-order valence-electron chi connectivity index (χ3n) is 6.75. The van der Waals surface area contributed by atoms with E-state index in [0.717, 1.165) is 51.7 Å². The molecular formula is C24H55N3O3Si. The molecule has 0 heterocycles. The van der Waals surface area contributed by atoms with Crippen molar-refractivity contribution in [2.45, 2.75) is 73.3 Å². The maximum absolute atomic E-state index is 6.21. The molecule has 0 aromatic heterocycles. The largest absolute Gasteiger partial charge is 0.500 e. The molecule has 0 radical (unpaired) electrons. The molecule has 0 saturated heterocycles. The highest BCUT2D eigenvalue weighted by atomic mass is 28.4. The first-order valence-electron chi connectivity index (χ1n) is 12.7. The van der Waals surface area contributed by atoms with Crippen molar-refractivity contribution in [3.8, 4) is 0 Å². The van der Waals surface area contributed by atoms with Crippen molar-refractivity contribution in [3.63, 3.8) is 0 Å². The highest BCUT2D eigenvalue weighted by Gasteiger charge is 2.43. The molecule has 0 atom stereocenters. The van der Waals surface area contributed by atoms with Gasteiger partial charge in [-0.25, -0.2) is 0 Å². The molecule has 0 N–H and O–H groups in total. The van der Waals surface area contributed by atoms with E-state index in [1.165, 1.54) is 19.3 Å². The van der Waals surface area contributed by atoms with E-state index in [0.29, 0.717) is 19.8 Å². The summed E-state index contributed by atoms with van der Waals surface area (Å²) in [6.07, 6.45) is 4.73. The molecule has 0 rings (SSSR count). The van der Waals surface area contributed by atoms with E-state index in [4.69, 9.17) is 13.3 Å². The van der Waals surface area contributed by atoms with Crippen molar-refractivity contribution in [1.29, 1.82) is 0 Å². The Kier molecular flexibility index (Phi) is 17.4. The number of nitrogens with zero attached hydrogens (tertiary/aromatic N) is 3. The Morgan fingerprint density at radius 3 is 1.13 bits per heavy atom. The average molecular weight is 462 g/mol. The van der Waals surface area contributed by atoms with Gasteiger partial charge in [0.25, 0.3) is 0 Å². The van der Waals surface area contributed by atoms with E-state index < -0.39 is 8.80 Å². The van der Waals surface area contributed by atoms with Gasteiger partial charge in [0.15, 0.2) is 0 Å². The molecule has 0 saturated carbocycles. The van der Waals surface area contributed by atoms with E-state index in [-0.39, 0.29) is 5.41 Å². The fourth-order valence-electron chi connectivity index (χ4n) is 3.93. The molecule has 31 heavy (non-hydrogen) atoms. The minimum Gasteiger partial charge on any atom is -0.374 e. The molecule has 0 aliphatic heterocycles. The van der Waals surface area contributed by atoms with Gasteiger partial charge in [-0.2, -0.15) is 0 Å². The van der Waals surface area contributed by atoms with E-state index in [9.17, 15) is 0 Å². The maximum atomic E-state index is 6.21. The predicted molar refractivity (Wildman–Crippen MR) is 136 cm³/mol. The SMILES string of the molecule is CCO[Si](CCC(CCN(C)CC)(CCN(C)CC)CCN(C)CC)(OCC)OCC. The molecule has 0 spiro atoms. The molecule has 0 aromatic carbocycles. The fraction of sp³-hybridized carbons (Fsp3) is 1.00. The molecule has 0 amide bonds. The monoisotopic (exact) mass is 461 g/mol. The lowest BCUT2D eigenvalue weighted by Crippen LogP contribution is -2.47. The second kappa shape index (κ2) is 17.5. The van der Waals surface area contributed by atoms with Gasteiger partial charge in [-0.3, -0.25) is 0 Å². The smallest absolute Gasteiger partial charge is 0.374 e. The Hall–Kier alpha value is -0.0231. The summed E-state index contributed by atoms with van der Waals surface area (Å²) in [7, 11) is 4.07. The van der Waals surface area contributed by atoms with Gasteiger partial charge in [0.2, 0.25) is 0 Å². The van der Waals surface area contributed by atoms with Crippen LogP contribution in [-0.4, -0.2) is 104 Å². The molecular weight excluding hydrogens is 406 g/mol. The van der Waals surface area contributed by atoms with E-state index in [1.807, 2.05) is 0 Å². The first-order valence-corrected chi connectivity index (χ1v) is 14.7. The van der Waals surface area contributed by atoms with Crippen LogP contribution in [0, 0.1) is 5.41 Å². The van der Waals surface area contributed by atoms with Gasteiger partial charge in [0.1, 0.15) is 0 Å². The molecule has 6 nitrogen and oxygen atoms in total. The van der Waals surface area contributed by atoms with Gasteiger partial charge in [0.05, 0.1) is 0 Å². The Bertz CT molecular complexity index is 376. The first kappa shape index (κ1) is 31.0. The Labute approximate surface area is 196 Å². The second-order valence-corrected chi connectivity index (χ2v) is 11.7. The lowest BCUT2D eigenvalue weighted by atomic mass is 9.75. The minimum absolute atomic E-state index is 0.264. The van der Waals surface area contributed by atoms with Crippen molar-refractivity contribution in [2.24, 2.45) is 5.41 Å². The van der Waals surface area contributed by atoms with E-state index >= 15 is 0 Å². The highest BCUT2D eigenvalue weighted by Crippen LogP contribution is 2.39. The van der Waals surface area contributed by atoms with Crippen molar-refractivity contribution >= 4 is 8.80 Å². The second-order valence-electron chi connectivity index (χ2n) is 8.92. The summed E-state index contributed by atoms with van der Waals surface area (Å²) in [4.78, 5) is 7.33. The Morgan fingerprint density at radius 1 is 0.548 bits per heavy atom. The van der Waals surface area contributed by atoms with Crippen LogP contribution in [0.2, 0.25) is 6.04 Å². The predicted octanol–water partition coefficient (Wildman–Crippen LogP) is 4.44. The molecule has 0 aliphatic carbocycles. The third kappa shape index (κ3) is 12.7. The van der Waals surface area contributed by atoms with Crippen LogP contribution in [0.25, 0.3) is 0 Å². The number of hydrogen-bond acceptors (Lipinski definition) is 6. The van der Waals surface area contributed by atoms with Crippen LogP contribution in [0.1, 0.15) is 67.2 Å². The molecule has 0 aliphatic rings. The summed E-state index contributed by atoms with van der Waals surface area (Å²) in [6.45, 7) is 21.5. The van der Waals surface area contributed by atoms with Gasteiger partial charge in [-0.05, 0) is 112 Å². The summed E-state index contributed by atoms with van der Waals surface area (Å²) < 4.78 is 18.6. The lowest BCUT2D eigenvalue weighted by molar-refractivity contribution is 0.0617. The summed E-state index contributed by atoms with van der Waals surface area (Å²) in [5.41, 5.74) is 0.264. The van der Waals surface area contributed by atoms with Gasteiger partial charge < -0.3 is 28.0 Å². The van der Waals surface area contributed by atoms with Crippen molar-refractivity contribution < 1.29 is 13.3 Å². The quantitative estimate of drug-likeness (QED) is 0.235. The first-order chi connectivity index (χ1) is 14.8. The molecule has 7 heteroatoms.